The smallest absolute Gasteiger partial charge is 0.293 e. The van der Waals surface area contributed by atoms with Crippen molar-refractivity contribution in [1.82, 2.24) is 4.90 Å². The molecule has 0 aromatic heterocycles. The fraction of sp³-hybridized carbons (Fsp3) is 0.0588. The first-order valence-electron chi connectivity index (χ1n) is 7.03. The average Bonchev–Trinajstić information content (AvgIpc) is 2.81. The molecular weight excluding hydrogens is 541 g/mol. The number of rotatable bonds is 3. The minimum absolute atomic E-state index is 0.0710. The number of hydrogen-bond donors (Lipinski definition) is 1. The average molecular weight is 551 g/mol. The van der Waals surface area contributed by atoms with E-state index in [4.69, 9.17) is 11.6 Å². The van der Waals surface area contributed by atoms with Gasteiger partial charge in [-0.1, -0.05) is 45.7 Å². The standard InChI is InChI=1S/C17H10BrClINO3S/c18-11-5-10(15(22)13(20)7-11)6-14-16(23)21(17(24)25-14)8-9-3-1-2-4-12(9)19/h1-7,22H,8H2/b14-6-. The first-order chi connectivity index (χ1) is 11.9. The Hall–Kier alpha value is -1.03. The van der Waals surface area contributed by atoms with Crippen molar-refractivity contribution < 1.29 is 14.7 Å². The van der Waals surface area contributed by atoms with Crippen LogP contribution in [0.3, 0.4) is 0 Å². The largest absolute Gasteiger partial charge is 0.506 e. The lowest BCUT2D eigenvalue weighted by atomic mass is 10.2. The van der Waals surface area contributed by atoms with Gasteiger partial charge in [0.15, 0.2) is 0 Å². The molecule has 0 spiro atoms. The van der Waals surface area contributed by atoms with Crippen molar-refractivity contribution in [1.29, 1.82) is 0 Å². The summed E-state index contributed by atoms with van der Waals surface area (Å²) in [6.07, 6.45) is 1.53. The van der Waals surface area contributed by atoms with E-state index in [-0.39, 0.29) is 22.4 Å². The molecule has 0 saturated carbocycles. The third-order valence-electron chi connectivity index (χ3n) is 3.50. The molecule has 0 aliphatic carbocycles. The van der Waals surface area contributed by atoms with Gasteiger partial charge in [0.2, 0.25) is 0 Å². The predicted octanol–water partition coefficient (Wildman–Crippen LogP) is 5.65. The van der Waals surface area contributed by atoms with Gasteiger partial charge < -0.3 is 5.11 Å². The zero-order valence-electron chi connectivity index (χ0n) is 12.5. The van der Waals surface area contributed by atoms with Crippen LogP contribution < -0.4 is 0 Å². The highest BCUT2D eigenvalue weighted by molar-refractivity contribution is 14.1. The molecule has 0 atom stereocenters. The van der Waals surface area contributed by atoms with Crippen LogP contribution in [0.2, 0.25) is 5.02 Å². The number of halogens is 3. The molecule has 128 valence electrons. The molecule has 0 bridgehead atoms. The fourth-order valence-corrected chi connectivity index (χ4v) is 4.85. The second-order valence-corrected chi connectivity index (χ2v) is 8.66. The zero-order valence-corrected chi connectivity index (χ0v) is 17.8. The third kappa shape index (κ3) is 4.05. The van der Waals surface area contributed by atoms with E-state index in [1.54, 1.807) is 36.4 Å². The van der Waals surface area contributed by atoms with Gasteiger partial charge in [0.25, 0.3) is 11.1 Å². The van der Waals surface area contributed by atoms with Crippen molar-refractivity contribution in [2.45, 2.75) is 6.54 Å². The normalized spacial score (nSPS) is 16.1. The molecule has 1 heterocycles. The van der Waals surface area contributed by atoms with E-state index < -0.39 is 5.91 Å². The molecule has 1 fully saturated rings. The van der Waals surface area contributed by atoms with E-state index in [9.17, 15) is 14.7 Å². The summed E-state index contributed by atoms with van der Waals surface area (Å²) in [5, 5.41) is 10.3. The lowest BCUT2D eigenvalue weighted by Crippen LogP contribution is -2.27. The van der Waals surface area contributed by atoms with Crippen LogP contribution in [0.15, 0.2) is 45.8 Å². The molecule has 4 nitrogen and oxygen atoms in total. The molecular formula is C17H10BrClINO3S. The van der Waals surface area contributed by atoms with Gasteiger partial charge in [-0.2, -0.15) is 0 Å². The van der Waals surface area contributed by atoms with E-state index in [1.165, 1.54) is 6.08 Å². The van der Waals surface area contributed by atoms with Gasteiger partial charge in [-0.15, -0.1) is 0 Å². The Morgan fingerprint density at radius 3 is 2.72 bits per heavy atom. The van der Waals surface area contributed by atoms with E-state index in [0.717, 1.165) is 21.1 Å². The monoisotopic (exact) mass is 549 g/mol. The molecule has 1 N–H and O–H groups in total. The molecule has 2 amide bonds. The number of phenols is 1. The SMILES string of the molecule is O=C1S/C(=C\c2cc(Br)cc(I)c2O)C(=O)N1Cc1ccccc1Cl. The van der Waals surface area contributed by atoms with Crippen LogP contribution in [-0.4, -0.2) is 21.2 Å². The molecule has 1 saturated heterocycles. The number of aromatic hydroxyl groups is 1. The Morgan fingerprint density at radius 2 is 2.00 bits per heavy atom. The Balaban J connectivity index is 1.90. The van der Waals surface area contributed by atoms with Crippen molar-refractivity contribution in [3.05, 3.63) is 65.5 Å². The summed E-state index contributed by atoms with van der Waals surface area (Å²) < 4.78 is 1.42. The maximum atomic E-state index is 12.6. The van der Waals surface area contributed by atoms with Crippen LogP contribution in [0.5, 0.6) is 5.75 Å². The summed E-state index contributed by atoms with van der Waals surface area (Å²) in [5.74, 6) is -0.328. The number of carbonyl (C=O) groups excluding carboxylic acids is 2. The molecule has 2 aromatic carbocycles. The lowest BCUT2D eigenvalue weighted by Gasteiger charge is -2.13. The summed E-state index contributed by atoms with van der Waals surface area (Å²) in [6, 6.07) is 10.5. The van der Waals surface area contributed by atoms with Crippen LogP contribution in [0.25, 0.3) is 6.08 Å². The second-order valence-electron chi connectivity index (χ2n) is 5.18. The van der Waals surface area contributed by atoms with Gasteiger partial charge in [0.1, 0.15) is 5.75 Å². The van der Waals surface area contributed by atoms with Crippen molar-refractivity contribution in [3.8, 4) is 5.75 Å². The number of nitrogens with zero attached hydrogens (tertiary/aromatic N) is 1. The summed E-state index contributed by atoms with van der Waals surface area (Å²) in [5.41, 5.74) is 1.18. The number of phenolic OH excluding ortho intramolecular Hbond substituents is 1. The van der Waals surface area contributed by atoms with Crippen LogP contribution in [0.1, 0.15) is 11.1 Å². The first-order valence-corrected chi connectivity index (χ1v) is 10.1. The molecule has 8 heteroatoms. The van der Waals surface area contributed by atoms with E-state index in [1.807, 2.05) is 22.6 Å². The first kappa shape index (κ1) is 18.8. The van der Waals surface area contributed by atoms with E-state index >= 15 is 0 Å². The minimum atomic E-state index is -0.399. The Morgan fingerprint density at radius 1 is 1.28 bits per heavy atom. The number of hydrogen-bond acceptors (Lipinski definition) is 4. The Labute approximate surface area is 175 Å². The number of benzene rings is 2. The topological polar surface area (TPSA) is 57.6 Å². The molecule has 0 radical (unpaired) electrons. The maximum Gasteiger partial charge on any atom is 0.293 e. The molecule has 1 aliphatic heterocycles. The summed E-state index contributed by atoms with van der Waals surface area (Å²) in [7, 11) is 0. The van der Waals surface area contributed by atoms with Gasteiger partial charge in [-0.25, -0.2) is 0 Å². The Kier molecular flexibility index (Phi) is 5.77. The zero-order chi connectivity index (χ0) is 18.1. The second kappa shape index (κ2) is 7.69. The summed E-state index contributed by atoms with van der Waals surface area (Å²) in [4.78, 5) is 26.2. The van der Waals surface area contributed by atoms with E-state index in [2.05, 4.69) is 15.9 Å². The predicted molar refractivity (Wildman–Crippen MR) is 111 cm³/mol. The summed E-state index contributed by atoms with van der Waals surface area (Å²) >= 11 is 12.3. The molecule has 2 aromatic rings. The molecule has 0 unspecified atom stereocenters. The molecule has 25 heavy (non-hydrogen) atoms. The van der Waals surface area contributed by atoms with Crippen molar-refractivity contribution in [2.75, 3.05) is 0 Å². The van der Waals surface area contributed by atoms with Gasteiger partial charge in [-0.3, -0.25) is 14.5 Å². The number of carbonyl (C=O) groups is 2. The van der Waals surface area contributed by atoms with Crippen molar-refractivity contribution in [3.63, 3.8) is 0 Å². The van der Waals surface area contributed by atoms with Gasteiger partial charge in [0.05, 0.1) is 15.0 Å². The van der Waals surface area contributed by atoms with Gasteiger partial charge in [0, 0.05) is 15.1 Å². The van der Waals surface area contributed by atoms with Crippen LogP contribution >= 0.6 is 61.9 Å². The van der Waals surface area contributed by atoms with Gasteiger partial charge >= 0.3 is 0 Å². The number of imide groups is 1. The highest BCUT2D eigenvalue weighted by Gasteiger charge is 2.35. The minimum Gasteiger partial charge on any atom is -0.506 e. The lowest BCUT2D eigenvalue weighted by molar-refractivity contribution is -0.123. The number of amides is 2. The highest BCUT2D eigenvalue weighted by Crippen LogP contribution is 2.37. The van der Waals surface area contributed by atoms with Gasteiger partial charge in [-0.05, 0) is 64.2 Å². The third-order valence-corrected chi connectivity index (χ3v) is 6.06. The van der Waals surface area contributed by atoms with E-state index in [0.29, 0.717) is 19.7 Å². The van der Waals surface area contributed by atoms with Crippen LogP contribution in [0, 0.1) is 3.57 Å². The van der Waals surface area contributed by atoms with Crippen molar-refractivity contribution >= 4 is 79.1 Å². The molecule has 3 rings (SSSR count). The fourth-order valence-electron chi connectivity index (χ4n) is 2.27. The summed E-state index contributed by atoms with van der Waals surface area (Å²) in [6.45, 7) is 0.115. The molecule has 1 aliphatic rings. The maximum absolute atomic E-state index is 12.6. The number of thioether (sulfide) groups is 1. The quantitative estimate of drug-likeness (QED) is 0.397. The Bertz CT molecular complexity index is 919. The highest BCUT2D eigenvalue weighted by atomic mass is 127. The van der Waals surface area contributed by atoms with Crippen LogP contribution in [0.4, 0.5) is 4.79 Å². The van der Waals surface area contributed by atoms with Crippen molar-refractivity contribution in [2.24, 2.45) is 0 Å². The van der Waals surface area contributed by atoms with Crippen LogP contribution in [-0.2, 0) is 11.3 Å².